The van der Waals surface area contributed by atoms with Crippen molar-refractivity contribution < 1.29 is 28.6 Å². The quantitative estimate of drug-likeness (QED) is 0.0262. The number of rotatable bonds is 48. The Kier molecular flexibility index (Phi) is 48.3. The predicted molar refractivity (Wildman–Crippen MR) is 261 cm³/mol. The molecule has 0 fully saturated rings. The van der Waals surface area contributed by atoms with E-state index < -0.39 is 6.10 Å². The van der Waals surface area contributed by atoms with Gasteiger partial charge >= 0.3 is 17.9 Å². The van der Waals surface area contributed by atoms with E-state index in [1.165, 1.54) is 154 Å². The normalized spacial score (nSPS) is 12.2. The average Bonchev–Trinajstić information content (AvgIpc) is 3.26. The van der Waals surface area contributed by atoms with Crippen LogP contribution in [-0.2, 0) is 28.6 Å². The van der Waals surface area contributed by atoms with Crippen LogP contribution in [-0.4, -0.2) is 37.2 Å². The third kappa shape index (κ3) is 48.5. The molecule has 0 saturated carbocycles. The lowest BCUT2D eigenvalue weighted by atomic mass is 10.1. The van der Waals surface area contributed by atoms with Gasteiger partial charge in [0.25, 0.3) is 0 Å². The van der Waals surface area contributed by atoms with E-state index in [1.807, 2.05) is 0 Å². The molecule has 0 aromatic heterocycles. The third-order valence-electron chi connectivity index (χ3n) is 11.6. The molecule has 0 bridgehead atoms. The van der Waals surface area contributed by atoms with E-state index in [0.717, 1.165) is 83.5 Å². The summed E-state index contributed by atoms with van der Waals surface area (Å²) in [5.41, 5.74) is 0. The van der Waals surface area contributed by atoms with Crippen molar-refractivity contribution >= 4 is 17.9 Å². The molecule has 0 aromatic rings. The van der Waals surface area contributed by atoms with Crippen molar-refractivity contribution in [3.05, 3.63) is 36.5 Å². The van der Waals surface area contributed by atoms with Crippen LogP contribution < -0.4 is 0 Å². The molecule has 1 atom stereocenters. The van der Waals surface area contributed by atoms with E-state index in [9.17, 15) is 14.4 Å². The van der Waals surface area contributed by atoms with Gasteiger partial charge in [-0.05, 0) is 96.3 Å². The summed E-state index contributed by atoms with van der Waals surface area (Å²) in [4.78, 5) is 38.0. The maximum atomic E-state index is 12.8. The van der Waals surface area contributed by atoms with Crippen LogP contribution in [0.15, 0.2) is 36.5 Å². The number of unbranched alkanes of at least 4 members (excludes halogenated alkanes) is 31. The molecule has 0 amide bonds. The van der Waals surface area contributed by atoms with Gasteiger partial charge in [-0.15, -0.1) is 0 Å². The second-order valence-electron chi connectivity index (χ2n) is 17.8. The molecule has 0 radical (unpaired) electrons. The topological polar surface area (TPSA) is 78.9 Å². The Morgan fingerprint density at radius 3 is 0.836 bits per heavy atom. The Bertz CT molecular complexity index is 1030. The first-order chi connectivity index (χ1) is 30.0. The summed E-state index contributed by atoms with van der Waals surface area (Å²) in [5.74, 6) is -0.896. The Hall–Kier alpha value is -2.37. The van der Waals surface area contributed by atoms with Crippen molar-refractivity contribution in [2.24, 2.45) is 0 Å². The van der Waals surface area contributed by atoms with Crippen molar-refractivity contribution in [1.29, 1.82) is 0 Å². The largest absolute Gasteiger partial charge is 0.462 e. The van der Waals surface area contributed by atoms with Gasteiger partial charge in [0.2, 0.25) is 0 Å². The number of hydrogen-bond acceptors (Lipinski definition) is 6. The Balaban J connectivity index is 4.39. The summed E-state index contributed by atoms with van der Waals surface area (Å²) in [7, 11) is 0. The van der Waals surface area contributed by atoms with Crippen LogP contribution in [0.2, 0.25) is 0 Å². The smallest absolute Gasteiger partial charge is 0.306 e. The van der Waals surface area contributed by atoms with E-state index in [1.54, 1.807) is 0 Å². The van der Waals surface area contributed by atoms with Crippen molar-refractivity contribution in [3.63, 3.8) is 0 Å². The van der Waals surface area contributed by atoms with Crippen molar-refractivity contribution in [2.75, 3.05) is 13.2 Å². The van der Waals surface area contributed by atoms with Gasteiger partial charge in [-0.2, -0.15) is 0 Å². The second kappa shape index (κ2) is 50.3. The van der Waals surface area contributed by atoms with Crippen LogP contribution in [0.5, 0.6) is 0 Å². The van der Waals surface area contributed by atoms with Gasteiger partial charge < -0.3 is 14.2 Å². The molecule has 0 rings (SSSR count). The summed E-state index contributed by atoms with van der Waals surface area (Å²) in [6, 6.07) is 0. The molecule has 0 aliphatic heterocycles. The summed E-state index contributed by atoms with van der Waals surface area (Å²) in [6.07, 6.45) is 58.4. The first kappa shape index (κ1) is 58.6. The molecular weight excluding hydrogens is 757 g/mol. The SMILES string of the molecule is CCCCCCC=CCCCCCCCC(=O)OC[C@H](COC(=O)CCCCCCCC=CCCCCCCCC)OC(=O)CCCCCCCC=CCCCCCCCC. The highest BCUT2D eigenvalue weighted by atomic mass is 16.6. The Morgan fingerprint density at radius 1 is 0.311 bits per heavy atom. The lowest BCUT2D eigenvalue weighted by Gasteiger charge is -2.18. The highest BCUT2D eigenvalue weighted by Gasteiger charge is 2.19. The summed E-state index contributed by atoms with van der Waals surface area (Å²) in [5, 5.41) is 0. The van der Waals surface area contributed by atoms with E-state index in [2.05, 4.69) is 57.2 Å². The number of allylic oxidation sites excluding steroid dienone is 6. The summed E-state index contributed by atoms with van der Waals surface area (Å²) in [6.45, 7) is 6.61. The first-order valence-electron chi connectivity index (χ1n) is 26.5. The maximum Gasteiger partial charge on any atom is 0.306 e. The number of esters is 3. The molecule has 6 heteroatoms. The molecule has 61 heavy (non-hydrogen) atoms. The van der Waals surface area contributed by atoms with E-state index in [0.29, 0.717) is 19.3 Å². The van der Waals surface area contributed by atoms with Crippen molar-refractivity contribution in [2.45, 2.75) is 284 Å². The lowest BCUT2D eigenvalue weighted by Crippen LogP contribution is -2.30. The fraction of sp³-hybridized carbons (Fsp3) is 0.836. The fourth-order valence-corrected chi connectivity index (χ4v) is 7.54. The average molecular weight is 857 g/mol. The molecule has 0 aromatic carbocycles. The predicted octanol–water partition coefficient (Wildman–Crippen LogP) is 17.3. The Morgan fingerprint density at radius 2 is 0.541 bits per heavy atom. The minimum absolute atomic E-state index is 0.0809. The highest BCUT2D eigenvalue weighted by Crippen LogP contribution is 2.14. The maximum absolute atomic E-state index is 12.8. The van der Waals surface area contributed by atoms with Crippen LogP contribution in [0.1, 0.15) is 278 Å². The first-order valence-corrected chi connectivity index (χ1v) is 26.5. The van der Waals surface area contributed by atoms with Crippen LogP contribution in [0.25, 0.3) is 0 Å². The zero-order chi connectivity index (χ0) is 44.4. The number of ether oxygens (including phenoxy) is 3. The zero-order valence-electron chi connectivity index (χ0n) is 40.7. The van der Waals surface area contributed by atoms with Gasteiger partial charge in [-0.25, -0.2) is 0 Å². The lowest BCUT2D eigenvalue weighted by molar-refractivity contribution is -0.167. The molecule has 0 aliphatic rings. The van der Waals surface area contributed by atoms with Crippen molar-refractivity contribution in [1.82, 2.24) is 0 Å². The summed E-state index contributed by atoms with van der Waals surface area (Å²) < 4.78 is 16.8. The second-order valence-corrected chi connectivity index (χ2v) is 17.8. The molecule has 6 nitrogen and oxygen atoms in total. The molecule has 0 unspecified atom stereocenters. The fourth-order valence-electron chi connectivity index (χ4n) is 7.54. The number of carbonyl (C=O) groups is 3. The molecule has 0 N–H and O–H groups in total. The van der Waals surface area contributed by atoms with Crippen LogP contribution in [0.3, 0.4) is 0 Å². The van der Waals surface area contributed by atoms with Crippen LogP contribution in [0.4, 0.5) is 0 Å². The highest BCUT2D eigenvalue weighted by molar-refractivity contribution is 5.71. The zero-order valence-corrected chi connectivity index (χ0v) is 40.7. The van der Waals surface area contributed by atoms with Crippen LogP contribution >= 0.6 is 0 Å². The van der Waals surface area contributed by atoms with Gasteiger partial charge in [0, 0.05) is 19.3 Å². The minimum Gasteiger partial charge on any atom is -0.462 e. The molecular formula is C55H100O6. The molecule has 356 valence electrons. The van der Waals surface area contributed by atoms with Gasteiger partial charge in [0.05, 0.1) is 0 Å². The van der Waals surface area contributed by atoms with Crippen LogP contribution in [0, 0.1) is 0 Å². The van der Waals surface area contributed by atoms with Gasteiger partial charge in [0.15, 0.2) is 6.10 Å². The Labute approximate surface area is 378 Å². The molecule has 0 saturated heterocycles. The number of carbonyl (C=O) groups excluding carboxylic acids is 3. The monoisotopic (exact) mass is 857 g/mol. The molecule has 0 aliphatic carbocycles. The van der Waals surface area contributed by atoms with E-state index in [-0.39, 0.29) is 31.1 Å². The molecule has 0 spiro atoms. The summed E-state index contributed by atoms with van der Waals surface area (Å²) >= 11 is 0. The van der Waals surface area contributed by atoms with Gasteiger partial charge in [-0.3, -0.25) is 14.4 Å². The molecule has 0 heterocycles. The minimum atomic E-state index is -0.780. The standard InChI is InChI=1S/C55H100O6/c1-4-7-10-13-16-19-22-25-27-30-33-36-39-42-45-48-54(57)60-51-52(50-59-53(56)47-44-41-38-35-32-29-24-21-18-15-12-9-6-3)61-55(58)49-46-43-40-37-34-31-28-26-23-20-17-14-11-8-5-2/h21,24-28,52H,4-20,22-23,29-51H2,1-3H3/t52-/m1/s1. The van der Waals surface area contributed by atoms with Gasteiger partial charge in [0.1, 0.15) is 13.2 Å². The third-order valence-corrected chi connectivity index (χ3v) is 11.6. The van der Waals surface area contributed by atoms with Gasteiger partial charge in [-0.1, -0.05) is 198 Å². The van der Waals surface area contributed by atoms with E-state index in [4.69, 9.17) is 14.2 Å². The van der Waals surface area contributed by atoms with Crippen molar-refractivity contribution in [3.8, 4) is 0 Å². The van der Waals surface area contributed by atoms with E-state index >= 15 is 0 Å². The number of hydrogen-bond donors (Lipinski definition) is 0.